The lowest BCUT2D eigenvalue weighted by atomic mass is 9.93. The Hall–Kier alpha value is -3.16. The van der Waals surface area contributed by atoms with Crippen molar-refractivity contribution in [3.8, 4) is 5.75 Å². The molecule has 2 aliphatic rings. The molecule has 2 aromatic rings. The smallest absolute Gasteiger partial charge is 0.295 e. The normalized spacial score (nSPS) is 20.4. The number of aryl methyl sites for hydroxylation is 2. The molecule has 2 aromatic carbocycles. The van der Waals surface area contributed by atoms with Crippen LogP contribution in [0.4, 0.5) is 0 Å². The molecule has 0 aliphatic carbocycles. The van der Waals surface area contributed by atoms with E-state index < -0.39 is 17.7 Å². The van der Waals surface area contributed by atoms with Crippen LogP contribution in [-0.2, 0) is 14.3 Å². The van der Waals surface area contributed by atoms with Gasteiger partial charge in [0.1, 0.15) is 11.5 Å². The first-order valence-electron chi connectivity index (χ1n) is 12.3. The van der Waals surface area contributed by atoms with Gasteiger partial charge in [-0.2, -0.15) is 0 Å². The molecule has 2 heterocycles. The molecule has 35 heavy (non-hydrogen) atoms. The molecule has 2 aliphatic heterocycles. The number of rotatable bonds is 8. The lowest BCUT2D eigenvalue weighted by Gasteiger charge is -2.29. The van der Waals surface area contributed by atoms with Crippen molar-refractivity contribution < 1.29 is 24.2 Å². The summed E-state index contributed by atoms with van der Waals surface area (Å²) in [6.45, 7) is 10.7. The third kappa shape index (κ3) is 5.41. The number of carbonyl (C=O) groups is 2. The van der Waals surface area contributed by atoms with E-state index in [-0.39, 0.29) is 11.3 Å². The van der Waals surface area contributed by atoms with Gasteiger partial charge in [-0.05, 0) is 56.5 Å². The lowest BCUT2D eigenvalue weighted by molar-refractivity contribution is -0.140. The van der Waals surface area contributed by atoms with E-state index in [9.17, 15) is 14.7 Å². The standard InChI is InChI=1S/C28H34N2O5/c1-4-35-22-10-8-21(9-11-22)25-24(26(31)23-18-19(2)6-7-20(23)3)27(32)28(33)30(25)13-5-12-29-14-16-34-17-15-29/h6-11,18,25,31H,4-5,12-17H2,1-3H3/b26-24+. The van der Waals surface area contributed by atoms with E-state index in [1.54, 1.807) is 4.90 Å². The monoisotopic (exact) mass is 478 g/mol. The fraction of sp³-hybridized carbons (Fsp3) is 0.429. The Balaban J connectivity index is 1.70. The van der Waals surface area contributed by atoms with Crippen molar-refractivity contribution in [2.45, 2.75) is 33.2 Å². The number of carbonyl (C=O) groups excluding carboxylic acids is 2. The summed E-state index contributed by atoms with van der Waals surface area (Å²) in [6.07, 6.45) is 0.726. The fourth-order valence-corrected chi connectivity index (χ4v) is 4.80. The molecule has 2 saturated heterocycles. The predicted molar refractivity (Wildman–Crippen MR) is 134 cm³/mol. The first-order chi connectivity index (χ1) is 16.9. The van der Waals surface area contributed by atoms with Crippen molar-refractivity contribution >= 4 is 17.4 Å². The fourth-order valence-electron chi connectivity index (χ4n) is 4.80. The molecule has 1 amide bonds. The quantitative estimate of drug-likeness (QED) is 0.353. The highest BCUT2D eigenvalue weighted by Gasteiger charge is 2.46. The van der Waals surface area contributed by atoms with Crippen molar-refractivity contribution in [1.29, 1.82) is 0 Å². The number of benzene rings is 2. The summed E-state index contributed by atoms with van der Waals surface area (Å²) in [5, 5.41) is 11.4. The molecule has 4 rings (SSSR count). The zero-order valence-corrected chi connectivity index (χ0v) is 20.8. The number of Topliss-reactive ketones (excluding diaryl/α,β-unsaturated/α-hetero) is 1. The van der Waals surface area contributed by atoms with Gasteiger partial charge in [-0.3, -0.25) is 14.5 Å². The van der Waals surface area contributed by atoms with Crippen molar-refractivity contribution in [2.24, 2.45) is 0 Å². The Kier molecular flexibility index (Phi) is 7.88. The molecule has 186 valence electrons. The molecule has 0 aromatic heterocycles. The van der Waals surface area contributed by atoms with Crippen LogP contribution < -0.4 is 4.74 Å². The Labute approximate surface area is 206 Å². The number of amides is 1. The summed E-state index contributed by atoms with van der Waals surface area (Å²) in [6, 6.07) is 12.5. The summed E-state index contributed by atoms with van der Waals surface area (Å²) in [7, 11) is 0. The average Bonchev–Trinajstić information content (AvgIpc) is 3.11. The number of hydrogen-bond acceptors (Lipinski definition) is 6. The minimum Gasteiger partial charge on any atom is -0.507 e. The second kappa shape index (κ2) is 11.1. The molecule has 0 spiro atoms. The highest BCUT2D eigenvalue weighted by molar-refractivity contribution is 6.46. The summed E-state index contributed by atoms with van der Waals surface area (Å²) >= 11 is 0. The van der Waals surface area contributed by atoms with Crippen molar-refractivity contribution in [3.05, 3.63) is 70.3 Å². The molecule has 0 bridgehead atoms. The van der Waals surface area contributed by atoms with Crippen LogP contribution in [0.1, 0.15) is 41.6 Å². The van der Waals surface area contributed by atoms with E-state index in [4.69, 9.17) is 9.47 Å². The van der Waals surface area contributed by atoms with Gasteiger partial charge in [0.2, 0.25) is 0 Å². The van der Waals surface area contributed by atoms with Gasteiger partial charge >= 0.3 is 0 Å². The minimum atomic E-state index is -0.657. The number of aliphatic hydroxyl groups is 1. The first kappa shape index (κ1) is 24.9. The molecule has 1 atom stereocenters. The van der Waals surface area contributed by atoms with Gasteiger partial charge in [-0.15, -0.1) is 0 Å². The molecule has 7 nitrogen and oxygen atoms in total. The second-order valence-corrected chi connectivity index (χ2v) is 9.12. The molecule has 1 unspecified atom stereocenters. The number of morpholine rings is 1. The topological polar surface area (TPSA) is 79.3 Å². The molecule has 0 saturated carbocycles. The van der Waals surface area contributed by atoms with E-state index in [0.717, 1.165) is 48.5 Å². The van der Waals surface area contributed by atoms with Crippen molar-refractivity contribution in [1.82, 2.24) is 9.80 Å². The van der Waals surface area contributed by atoms with Gasteiger partial charge in [-0.1, -0.05) is 29.8 Å². The van der Waals surface area contributed by atoms with Gasteiger partial charge in [0.05, 0.1) is 31.4 Å². The maximum absolute atomic E-state index is 13.3. The summed E-state index contributed by atoms with van der Waals surface area (Å²) < 4.78 is 11.0. The Bertz CT molecular complexity index is 1100. The van der Waals surface area contributed by atoms with Crippen LogP contribution in [0.3, 0.4) is 0 Å². The largest absolute Gasteiger partial charge is 0.507 e. The lowest BCUT2D eigenvalue weighted by Crippen LogP contribution is -2.38. The van der Waals surface area contributed by atoms with E-state index in [1.807, 2.05) is 63.2 Å². The Morgan fingerprint density at radius 1 is 1.06 bits per heavy atom. The van der Waals surface area contributed by atoms with E-state index in [0.29, 0.717) is 31.9 Å². The van der Waals surface area contributed by atoms with E-state index >= 15 is 0 Å². The molecule has 2 fully saturated rings. The van der Waals surface area contributed by atoms with Crippen molar-refractivity contribution in [3.63, 3.8) is 0 Å². The van der Waals surface area contributed by atoms with Crippen molar-refractivity contribution in [2.75, 3.05) is 46.0 Å². The van der Waals surface area contributed by atoms with Crippen LogP contribution in [0.5, 0.6) is 5.75 Å². The molecular weight excluding hydrogens is 444 g/mol. The van der Waals surface area contributed by atoms with Crippen LogP contribution in [0.25, 0.3) is 5.76 Å². The van der Waals surface area contributed by atoms with E-state index in [1.165, 1.54) is 0 Å². The van der Waals surface area contributed by atoms with Crippen LogP contribution in [0.15, 0.2) is 48.0 Å². The maximum atomic E-state index is 13.3. The summed E-state index contributed by atoms with van der Waals surface area (Å²) in [5.41, 5.74) is 3.30. The zero-order chi connectivity index (χ0) is 24.9. The number of likely N-dealkylation sites (tertiary alicyclic amines) is 1. The number of nitrogens with zero attached hydrogens (tertiary/aromatic N) is 2. The average molecular weight is 479 g/mol. The highest BCUT2D eigenvalue weighted by Crippen LogP contribution is 2.40. The predicted octanol–water partition coefficient (Wildman–Crippen LogP) is 3.85. The van der Waals surface area contributed by atoms with Gasteiger partial charge in [0, 0.05) is 31.7 Å². The molecule has 1 N–H and O–H groups in total. The number of aliphatic hydroxyl groups excluding tert-OH is 1. The van der Waals surface area contributed by atoms with Crippen LogP contribution in [0, 0.1) is 13.8 Å². The number of ketones is 1. The number of ether oxygens (including phenoxy) is 2. The highest BCUT2D eigenvalue weighted by atomic mass is 16.5. The molecule has 0 radical (unpaired) electrons. The van der Waals surface area contributed by atoms with Crippen LogP contribution in [0.2, 0.25) is 0 Å². The van der Waals surface area contributed by atoms with Gasteiger partial charge < -0.3 is 19.5 Å². The molecule has 7 heteroatoms. The van der Waals surface area contributed by atoms with Gasteiger partial charge in [-0.25, -0.2) is 0 Å². The van der Waals surface area contributed by atoms with Crippen LogP contribution >= 0.6 is 0 Å². The Morgan fingerprint density at radius 3 is 2.46 bits per heavy atom. The Morgan fingerprint density at radius 2 is 1.77 bits per heavy atom. The summed E-state index contributed by atoms with van der Waals surface area (Å²) in [4.78, 5) is 30.4. The van der Waals surface area contributed by atoms with E-state index in [2.05, 4.69) is 4.90 Å². The SMILES string of the molecule is CCOc1ccc(C2/C(=C(\O)c3cc(C)ccc3C)C(=O)C(=O)N2CCCN2CCOCC2)cc1. The second-order valence-electron chi connectivity index (χ2n) is 9.12. The minimum absolute atomic E-state index is 0.126. The first-order valence-corrected chi connectivity index (χ1v) is 12.3. The third-order valence-corrected chi connectivity index (χ3v) is 6.67. The van der Waals surface area contributed by atoms with Gasteiger partial charge in [0.25, 0.3) is 11.7 Å². The maximum Gasteiger partial charge on any atom is 0.295 e. The molecular formula is C28H34N2O5. The third-order valence-electron chi connectivity index (χ3n) is 6.67. The van der Waals surface area contributed by atoms with Gasteiger partial charge in [0.15, 0.2) is 0 Å². The zero-order valence-electron chi connectivity index (χ0n) is 20.8. The summed E-state index contributed by atoms with van der Waals surface area (Å²) in [5.74, 6) is -0.624. The van der Waals surface area contributed by atoms with Crippen LogP contribution in [-0.4, -0.2) is 72.6 Å². The number of hydrogen-bond donors (Lipinski definition) is 1.